The zero-order valence-corrected chi connectivity index (χ0v) is 11.0. The molecule has 104 valence electrons. The molecule has 1 N–H and O–H groups in total. The second-order valence-electron chi connectivity index (χ2n) is 4.81. The molecule has 0 fully saturated rings. The van der Waals surface area contributed by atoms with Crippen molar-refractivity contribution in [3.8, 4) is 11.5 Å². The first kappa shape index (κ1) is 12.9. The standard InChI is InChI=1S/C16H15FO3/c1-19-12-5-2-10(3-6-12)16-9-14(18)13-8-11(17)4-7-15(13)20-16/h2-8,14,16,18H,9H2,1H3. The quantitative estimate of drug-likeness (QED) is 0.912. The monoisotopic (exact) mass is 274 g/mol. The van der Waals surface area contributed by atoms with Crippen molar-refractivity contribution in [2.24, 2.45) is 0 Å². The van der Waals surface area contributed by atoms with Crippen LogP contribution in [0.3, 0.4) is 0 Å². The zero-order chi connectivity index (χ0) is 14.1. The normalized spacial score (nSPS) is 20.9. The van der Waals surface area contributed by atoms with E-state index in [1.807, 2.05) is 24.3 Å². The molecule has 2 atom stereocenters. The van der Waals surface area contributed by atoms with Gasteiger partial charge in [0, 0.05) is 12.0 Å². The molecule has 0 saturated heterocycles. The summed E-state index contributed by atoms with van der Waals surface area (Å²) in [5, 5.41) is 10.1. The smallest absolute Gasteiger partial charge is 0.127 e. The fourth-order valence-electron chi connectivity index (χ4n) is 2.44. The van der Waals surface area contributed by atoms with Crippen LogP contribution in [0.1, 0.15) is 29.8 Å². The summed E-state index contributed by atoms with van der Waals surface area (Å²) in [5.74, 6) is 0.938. The van der Waals surface area contributed by atoms with E-state index in [2.05, 4.69) is 0 Å². The van der Waals surface area contributed by atoms with Gasteiger partial charge < -0.3 is 14.6 Å². The summed E-state index contributed by atoms with van der Waals surface area (Å²) < 4.78 is 24.2. The van der Waals surface area contributed by atoms with Crippen LogP contribution in [-0.4, -0.2) is 12.2 Å². The highest BCUT2D eigenvalue weighted by atomic mass is 19.1. The van der Waals surface area contributed by atoms with Crippen molar-refractivity contribution in [3.63, 3.8) is 0 Å². The Labute approximate surface area is 116 Å². The van der Waals surface area contributed by atoms with E-state index in [9.17, 15) is 9.50 Å². The van der Waals surface area contributed by atoms with Crippen LogP contribution in [0, 0.1) is 5.82 Å². The van der Waals surface area contributed by atoms with E-state index in [0.29, 0.717) is 17.7 Å². The maximum atomic E-state index is 13.2. The molecule has 3 rings (SSSR count). The minimum absolute atomic E-state index is 0.242. The SMILES string of the molecule is COc1ccc(C2CC(O)c3cc(F)ccc3O2)cc1. The molecule has 2 aromatic rings. The van der Waals surface area contributed by atoms with Gasteiger partial charge in [-0.15, -0.1) is 0 Å². The van der Waals surface area contributed by atoms with Gasteiger partial charge >= 0.3 is 0 Å². The van der Waals surface area contributed by atoms with Crippen LogP contribution in [0.2, 0.25) is 0 Å². The lowest BCUT2D eigenvalue weighted by atomic mass is 9.95. The number of rotatable bonds is 2. The maximum Gasteiger partial charge on any atom is 0.127 e. The predicted molar refractivity (Wildman–Crippen MR) is 72.3 cm³/mol. The van der Waals surface area contributed by atoms with Crippen LogP contribution in [0.15, 0.2) is 42.5 Å². The van der Waals surface area contributed by atoms with Crippen molar-refractivity contribution < 1.29 is 19.0 Å². The second kappa shape index (κ2) is 5.13. The van der Waals surface area contributed by atoms with Gasteiger partial charge in [0.05, 0.1) is 13.2 Å². The Morgan fingerprint density at radius 3 is 2.65 bits per heavy atom. The van der Waals surface area contributed by atoms with Crippen molar-refractivity contribution in [1.29, 1.82) is 0 Å². The van der Waals surface area contributed by atoms with Crippen LogP contribution < -0.4 is 9.47 Å². The number of fused-ring (bicyclic) bond motifs is 1. The van der Waals surface area contributed by atoms with E-state index in [-0.39, 0.29) is 11.9 Å². The van der Waals surface area contributed by atoms with E-state index in [4.69, 9.17) is 9.47 Å². The first-order valence-corrected chi connectivity index (χ1v) is 6.45. The predicted octanol–water partition coefficient (Wildman–Crippen LogP) is 3.39. The summed E-state index contributed by atoms with van der Waals surface area (Å²) >= 11 is 0. The van der Waals surface area contributed by atoms with Gasteiger partial charge in [-0.3, -0.25) is 0 Å². The molecule has 0 amide bonds. The van der Waals surface area contributed by atoms with Crippen LogP contribution in [0.25, 0.3) is 0 Å². The topological polar surface area (TPSA) is 38.7 Å². The molecule has 4 heteroatoms. The van der Waals surface area contributed by atoms with Gasteiger partial charge in [0.15, 0.2) is 0 Å². The van der Waals surface area contributed by atoms with E-state index in [1.165, 1.54) is 12.1 Å². The summed E-state index contributed by atoms with van der Waals surface area (Å²) in [6.45, 7) is 0. The van der Waals surface area contributed by atoms with Gasteiger partial charge in [-0.05, 0) is 35.9 Å². The third-order valence-corrected chi connectivity index (χ3v) is 3.52. The van der Waals surface area contributed by atoms with Crippen molar-refractivity contribution >= 4 is 0 Å². The van der Waals surface area contributed by atoms with Crippen molar-refractivity contribution in [2.75, 3.05) is 7.11 Å². The fourth-order valence-corrected chi connectivity index (χ4v) is 2.44. The second-order valence-corrected chi connectivity index (χ2v) is 4.81. The Morgan fingerprint density at radius 2 is 1.95 bits per heavy atom. The molecular formula is C16H15FO3. The molecule has 1 heterocycles. The molecule has 0 radical (unpaired) electrons. The lowest BCUT2D eigenvalue weighted by Gasteiger charge is -2.30. The van der Waals surface area contributed by atoms with Gasteiger partial charge in [0.2, 0.25) is 0 Å². The van der Waals surface area contributed by atoms with Gasteiger partial charge in [0.25, 0.3) is 0 Å². The molecule has 0 aromatic heterocycles. The van der Waals surface area contributed by atoms with Gasteiger partial charge in [-0.25, -0.2) is 4.39 Å². The molecule has 0 bridgehead atoms. The summed E-state index contributed by atoms with van der Waals surface area (Å²) in [6, 6.07) is 11.7. The summed E-state index contributed by atoms with van der Waals surface area (Å²) in [4.78, 5) is 0. The maximum absolute atomic E-state index is 13.2. The lowest BCUT2D eigenvalue weighted by molar-refractivity contribution is 0.0653. The zero-order valence-electron chi connectivity index (χ0n) is 11.0. The highest BCUT2D eigenvalue weighted by Crippen LogP contribution is 2.41. The largest absolute Gasteiger partial charge is 0.497 e. The minimum atomic E-state index is -0.721. The van der Waals surface area contributed by atoms with Crippen LogP contribution in [0.5, 0.6) is 11.5 Å². The molecule has 0 aliphatic carbocycles. The molecular weight excluding hydrogens is 259 g/mol. The van der Waals surface area contributed by atoms with E-state index in [0.717, 1.165) is 11.3 Å². The van der Waals surface area contributed by atoms with Crippen LogP contribution in [0.4, 0.5) is 4.39 Å². The van der Waals surface area contributed by atoms with Crippen molar-refractivity contribution in [3.05, 3.63) is 59.4 Å². The molecule has 0 spiro atoms. The average Bonchev–Trinajstić information content (AvgIpc) is 2.48. The third kappa shape index (κ3) is 2.34. The number of benzene rings is 2. The third-order valence-electron chi connectivity index (χ3n) is 3.52. The number of hydrogen-bond donors (Lipinski definition) is 1. The van der Waals surface area contributed by atoms with Crippen LogP contribution in [-0.2, 0) is 0 Å². The lowest BCUT2D eigenvalue weighted by Crippen LogP contribution is -2.19. The van der Waals surface area contributed by atoms with Gasteiger partial charge in [-0.2, -0.15) is 0 Å². The molecule has 1 aliphatic rings. The molecule has 3 nitrogen and oxygen atoms in total. The summed E-state index contributed by atoms with van der Waals surface area (Å²) in [7, 11) is 1.61. The first-order chi connectivity index (χ1) is 9.67. The van der Waals surface area contributed by atoms with Crippen molar-refractivity contribution in [2.45, 2.75) is 18.6 Å². The highest BCUT2D eigenvalue weighted by Gasteiger charge is 2.28. The molecule has 1 aliphatic heterocycles. The van der Waals surface area contributed by atoms with E-state index < -0.39 is 6.10 Å². The summed E-state index contributed by atoms with van der Waals surface area (Å²) in [6.07, 6.45) is -0.557. The Morgan fingerprint density at radius 1 is 1.20 bits per heavy atom. The number of aliphatic hydroxyl groups is 1. The van der Waals surface area contributed by atoms with Crippen molar-refractivity contribution in [1.82, 2.24) is 0 Å². The molecule has 20 heavy (non-hydrogen) atoms. The Balaban J connectivity index is 1.88. The number of ether oxygens (including phenoxy) is 2. The molecule has 0 saturated carbocycles. The first-order valence-electron chi connectivity index (χ1n) is 6.45. The van der Waals surface area contributed by atoms with E-state index >= 15 is 0 Å². The fraction of sp³-hybridized carbons (Fsp3) is 0.250. The number of hydrogen-bond acceptors (Lipinski definition) is 3. The highest BCUT2D eigenvalue weighted by molar-refractivity contribution is 5.39. The Kier molecular flexibility index (Phi) is 3.32. The Hall–Kier alpha value is -2.07. The number of halogens is 1. The average molecular weight is 274 g/mol. The Bertz CT molecular complexity index is 610. The van der Waals surface area contributed by atoms with E-state index in [1.54, 1.807) is 13.2 Å². The number of aliphatic hydroxyl groups excluding tert-OH is 1. The van der Waals surface area contributed by atoms with Crippen LogP contribution >= 0.6 is 0 Å². The molecule has 2 aromatic carbocycles. The minimum Gasteiger partial charge on any atom is -0.497 e. The van der Waals surface area contributed by atoms with Gasteiger partial charge in [-0.1, -0.05) is 12.1 Å². The summed E-state index contributed by atoms with van der Waals surface area (Å²) in [5.41, 5.74) is 1.47. The molecule has 2 unspecified atom stereocenters. The van der Waals surface area contributed by atoms with Gasteiger partial charge in [0.1, 0.15) is 23.4 Å². The number of methoxy groups -OCH3 is 1.